The van der Waals surface area contributed by atoms with Crippen LogP contribution in [0.4, 0.5) is 5.69 Å². The van der Waals surface area contributed by atoms with Crippen LogP contribution in [0.1, 0.15) is 48.8 Å². The van der Waals surface area contributed by atoms with E-state index in [2.05, 4.69) is 17.1 Å². The highest BCUT2D eigenvalue weighted by Gasteiger charge is 2.25. The minimum Gasteiger partial charge on any atom is -0.395 e. The van der Waals surface area contributed by atoms with E-state index in [1.165, 1.54) is 19.3 Å². The van der Waals surface area contributed by atoms with Gasteiger partial charge in [-0.05, 0) is 25.2 Å². The van der Waals surface area contributed by atoms with Crippen molar-refractivity contribution in [3.63, 3.8) is 0 Å². The molecule has 1 saturated carbocycles. The number of hydrogen-bond donors (Lipinski definition) is 2. The Hall–Kier alpha value is -1.52. The fourth-order valence-corrected chi connectivity index (χ4v) is 2.32. The van der Waals surface area contributed by atoms with E-state index in [1.54, 1.807) is 4.90 Å². The molecular weight excluding hydrogens is 228 g/mol. The van der Waals surface area contributed by atoms with Gasteiger partial charge in [-0.3, -0.25) is 9.89 Å². The predicted octanol–water partition coefficient (Wildman–Crippen LogP) is 1.82. The number of H-pyrrole nitrogens is 1. The van der Waals surface area contributed by atoms with Crippen LogP contribution in [0.2, 0.25) is 0 Å². The lowest BCUT2D eigenvalue weighted by molar-refractivity contribution is 0.0740. The summed E-state index contributed by atoms with van der Waals surface area (Å²) in [7, 11) is 1.83. The van der Waals surface area contributed by atoms with Gasteiger partial charge in [0.05, 0.1) is 11.4 Å². The Morgan fingerprint density at radius 3 is 2.83 bits per heavy atom. The van der Waals surface area contributed by atoms with Crippen LogP contribution in [0.15, 0.2) is 0 Å². The fraction of sp³-hybridized carbons (Fsp3) is 0.692. The quantitative estimate of drug-likeness (QED) is 0.837. The summed E-state index contributed by atoms with van der Waals surface area (Å²) in [4.78, 5) is 14.0. The SMILES string of the molecule is CCCc1[nH]nc(C(=O)N(C)CC2CCC2)c1N. The molecule has 0 aliphatic heterocycles. The van der Waals surface area contributed by atoms with Crippen LogP contribution in [0.3, 0.4) is 0 Å². The largest absolute Gasteiger partial charge is 0.395 e. The molecule has 100 valence electrons. The Morgan fingerprint density at radius 2 is 2.28 bits per heavy atom. The van der Waals surface area contributed by atoms with E-state index in [4.69, 9.17) is 5.73 Å². The van der Waals surface area contributed by atoms with Gasteiger partial charge in [0.15, 0.2) is 5.69 Å². The summed E-state index contributed by atoms with van der Waals surface area (Å²) in [6.07, 6.45) is 5.57. The number of aromatic nitrogens is 2. The van der Waals surface area contributed by atoms with Gasteiger partial charge in [-0.25, -0.2) is 0 Å². The number of aryl methyl sites for hydroxylation is 1. The zero-order chi connectivity index (χ0) is 13.1. The van der Waals surface area contributed by atoms with Crippen molar-refractivity contribution in [2.75, 3.05) is 19.3 Å². The second kappa shape index (κ2) is 5.42. The number of hydrogen-bond acceptors (Lipinski definition) is 3. The van der Waals surface area contributed by atoms with E-state index in [-0.39, 0.29) is 5.91 Å². The standard InChI is InChI=1S/C13H22N4O/c1-3-5-10-11(14)12(16-15-10)13(18)17(2)8-9-6-4-7-9/h9H,3-8,14H2,1-2H3,(H,15,16). The zero-order valence-corrected chi connectivity index (χ0v) is 11.2. The third-order valence-corrected chi connectivity index (χ3v) is 3.69. The minimum atomic E-state index is -0.0713. The summed E-state index contributed by atoms with van der Waals surface area (Å²) in [6.45, 7) is 2.89. The number of nitrogens with zero attached hydrogens (tertiary/aromatic N) is 2. The van der Waals surface area contributed by atoms with Crippen molar-refractivity contribution in [3.8, 4) is 0 Å². The summed E-state index contributed by atoms with van der Waals surface area (Å²) in [6, 6.07) is 0. The first-order chi connectivity index (χ1) is 8.63. The van der Waals surface area contributed by atoms with E-state index in [9.17, 15) is 4.79 Å². The molecule has 5 heteroatoms. The number of nitrogens with one attached hydrogen (secondary N) is 1. The molecule has 0 spiro atoms. The van der Waals surface area contributed by atoms with Crippen LogP contribution in [0.25, 0.3) is 0 Å². The van der Waals surface area contributed by atoms with Crippen LogP contribution in [0.5, 0.6) is 0 Å². The summed E-state index contributed by atoms with van der Waals surface area (Å²) in [5.41, 5.74) is 7.73. The van der Waals surface area contributed by atoms with E-state index in [0.717, 1.165) is 25.1 Å². The number of aromatic amines is 1. The van der Waals surface area contributed by atoms with Crippen molar-refractivity contribution in [2.45, 2.75) is 39.0 Å². The Bertz CT molecular complexity index is 423. The third kappa shape index (κ3) is 2.49. The molecule has 1 aromatic heterocycles. The molecule has 1 aliphatic rings. The molecule has 18 heavy (non-hydrogen) atoms. The summed E-state index contributed by atoms with van der Waals surface area (Å²) < 4.78 is 0. The average Bonchev–Trinajstić information content (AvgIpc) is 2.65. The smallest absolute Gasteiger partial charge is 0.276 e. The number of nitrogen functional groups attached to an aromatic ring is 1. The molecule has 0 aromatic carbocycles. The van der Waals surface area contributed by atoms with Crippen LogP contribution < -0.4 is 5.73 Å². The molecule has 0 radical (unpaired) electrons. The molecule has 0 atom stereocenters. The normalized spacial score (nSPS) is 15.4. The van der Waals surface area contributed by atoms with Crippen molar-refractivity contribution in [2.24, 2.45) is 5.92 Å². The van der Waals surface area contributed by atoms with Crippen LogP contribution in [-0.2, 0) is 6.42 Å². The summed E-state index contributed by atoms with van der Waals surface area (Å²) in [5.74, 6) is 0.590. The van der Waals surface area contributed by atoms with Crippen molar-refractivity contribution in [1.29, 1.82) is 0 Å². The Labute approximate surface area is 108 Å². The minimum absolute atomic E-state index is 0.0713. The molecular formula is C13H22N4O. The predicted molar refractivity (Wildman–Crippen MR) is 71.3 cm³/mol. The van der Waals surface area contributed by atoms with Crippen LogP contribution in [-0.4, -0.2) is 34.6 Å². The zero-order valence-electron chi connectivity index (χ0n) is 11.2. The van der Waals surface area contributed by atoms with Crippen molar-refractivity contribution < 1.29 is 4.79 Å². The van der Waals surface area contributed by atoms with Gasteiger partial charge in [-0.1, -0.05) is 19.8 Å². The lowest BCUT2D eigenvalue weighted by Crippen LogP contribution is -2.34. The molecule has 2 rings (SSSR count). The number of carbonyl (C=O) groups is 1. The number of amides is 1. The highest BCUT2D eigenvalue weighted by atomic mass is 16.2. The van der Waals surface area contributed by atoms with E-state index in [1.807, 2.05) is 7.05 Å². The Morgan fingerprint density at radius 1 is 1.56 bits per heavy atom. The molecule has 1 fully saturated rings. The first-order valence-electron chi connectivity index (χ1n) is 6.71. The van der Waals surface area contributed by atoms with Gasteiger partial charge in [0, 0.05) is 13.6 Å². The average molecular weight is 250 g/mol. The van der Waals surface area contributed by atoms with E-state index >= 15 is 0 Å². The molecule has 1 aliphatic carbocycles. The monoisotopic (exact) mass is 250 g/mol. The number of anilines is 1. The maximum atomic E-state index is 12.2. The number of nitrogens with two attached hydrogens (primary N) is 1. The fourth-order valence-electron chi connectivity index (χ4n) is 2.32. The lowest BCUT2D eigenvalue weighted by Gasteiger charge is -2.29. The second-order valence-corrected chi connectivity index (χ2v) is 5.20. The van der Waals surface area contributed by atoms with Gasteiger partial charge in [0.2, 0.25) is 0 Å². The second-order valence-electron chi connectivity index (χ2n) is 5.20. The highest BCUT2D eigenvalue weighted by molar-refractivity contribution is 5.97. The molecule has 5 nitrogen and oxygen atoms in total. The van der Waals surface area contributed by atoms with Crippen molar-refractivity contribution in [3.05, 3.63) is 11.4 Å². The summed E-state index contributed by atoms with van der Waals surface area (Å²) in [5, 5.41) is 6.93. The third-order valence-electron chi connectivity index (χ3n) is 3.69. The molecule has 3 N–H and O–H groups in total. The van der Waals surface area contributed by atoms with Gasteiger partial charge in [0.1, 0.15) is 0 Å². The Kier molecular flexibility index (Phi) is 3.89. The first kappa shape index (κ1) is 12.9. The molecule has 0 bridgehead atoms. The molecule has 1 aromatic rings. The molecule has 1 heterocycles. The molecule has 1 amide bonds. The number of carbonyl (C=O) groups excluding carboxylic acids is 1. The van der Waals surface area contributed by atoms with Gasteiger partial charge in [-0.15, -0.1) is 0 Å². The van der Waals surface area contributed by atoms with Crippen LogP contribution in [0, 0.1) is 5.92 Å². The highest BCUT2D eigenvalue weighted by Crippen LogP contribution is 2.27. The first-order valence-corrected chi connectivity index (χ1v) is 6.71. The molecule has 0 unspecified atom stereocenters. The van der Waals surface area contributed by atoms with Gasteiger partial charge < -0.3 is 10.6 Å². The van der Waals surface area contributed by atoms with Crippen LogP contribution >= 0.6 is 0 Å². The lowest BCUT2D eigenvalue weighted by atomic mass is 9.85. The summed E-state index contributed by atoms with van der Waals surface area (Å²) >= 11 is 0. The van der Waals surface area contributed by atoms with Gasteiger partial charge >= 0.3 is 0 Å². The van der Waals surface area contributed by atoms with Gasteiger partial charge in [0.25, 0.3) is 5.91 Å². The van der Waals surface area contributed by atoms with E-state index < -0.39 is 0 Å². The van der Waals surface area contributed by atoms with E-state index in [0.29, 0.717) is 17.3 Å². The maximum absolute atomic E-state index is 12.2. The van der Waals surface area contributed by atoms with Crippen molar-refractivity contribution >= 4 is 11.6 Å². The Balaban J connectivity index is 2.02. The maximum Gasteiger partial charge on any atom is 0.276 e. The molecule has 0 saturated heterocycles. The van der Waals surface area contributed by atoms with Crippen molar-refractivity contribution in [1.82, 2.24) is 15.1 Å². The topological polar surface area (TPSA) is 75.0 Å². The van der Waals surface area contributed by atoms with Gasteiger partial charge in [-0.2, -0.15) is 5.10 Å². The number of rotatable bonds is 5.